The SMILES string of the molecule is CC(C)(C)OC(=O)N[C@@H]1COCCC1N=[N+]=[N-]. The van der Waals surface area contributed by atoms with Crippen molar-refractivity contribution in [3.05, 3.63) is 10.4 Å². The second-order valence-electron chi connectivity index (χ2n) is 4.89. The molecule has 7 heteroatoms. The number of nitrogens with one attached hydrogen (secondary N) is 1. The Morgan fingerprint density at radius 1 is 1.59 bits per heavy atom. The molecule has 1 aliphatic rings. The van der Waals surface area contributed by atoms with Gasteiger partial charge in [0, 0.05) is 11.5 Å². The molecule has 1 heterocycles. The first-order valence-corrected chi connectivity index (χ1v) is 5.54. The van der Waals surface area contributed by atoms with Gasteiger partial charge in [0.2, 0.25) is 0 Å². The van der Waals surface area contributed by atoms with Crippen molar-refractivity contribution in [2.75, 3.05) is 13.2 Å². The standard InChI is InChI=1S/C10H18N4O3/c1-10(2,3)17-9(15)12-8-6-16-5-4-7(8)13-14-11/h7-8H,4-6H2,1-3H3,(H,12,15)/t7?,8-/m1/s1. The van der Waals surface area contributed by atoms with Gasteiger partial charge in [0.05, 0.1) is 18.7 Å². The van der Waals surface area contributed by atoms with Crippen molar-refractivity contribution < 1.29 is 14.3 Å². The second kappa shape index (κ2) is 5.75. The average Bonchev–Trinajstić information content (AvgIpc) is 2.18. The van der Waals surface area contributed by atoms with Crippen molar-refractivity contribution in [2.45, 2.75) is 44.9 Å². The largest absolute Gasteiger partial charge is 0.444 e. The van der Waals surface area contributed by atoms with Gasteiger partial charge in [-0.2, -0.15) is 0 Å². The predicted molar refractivity (Wildman–Crippen MR) is 61.5 cm³/mol. The molecular weight excluding hydrogens is 224 g/mol. The van der Waals surface area contributed by atoms with Gasteiger partial charge in [-0.05, 0) is 32.7 Å². The quantitative estimate of drug-likeness (QED) is 0.455. The normalized spacial score (nSPS) is 24.6. The maximum atomic E-state index is 11.6. The van der Waals surface area contributed by atoms with Gasteiger partial charge in [-0.1, -0.05) is 5.11 Å². The molecule has 0 bridgehead atoms. The zero-order valence-electron chi connectivity index (χ0n) is 10.3. The van der Waals surface area contributed by atoms with E-state index < -0.39 is 11.7 Å². The minimum atomic E-state index is -0.548. The number of carbonyl (C=O) groups is 1. The van der Waals surface area contributed by atoms with E-state index in [9.17, 15) is 4.79 Å². The number of ether oxygens (including phenoxy) is 2. The molecule has 1 saturated heterocycles. The van der Waals surface area contributed by atoms with Crippen LogP contribution in [0.5, 0.6) is 0 Å². The number of azide groups is 1. The molecule has 1 rings (SSSR count). The minimum absolute atomic E-state index is 0.277. The van der Waals surface area contributed by atoms with Crippen LogP contribution >= 0.6 is 0 Å². The van der Waals surface area contributed by atoms with Crippen LogP contribution in [-0.2, 0) is 9.47 Å². The Hall–Kier alpha value is -1.46. The lowest BCUT2D eigenvalue weighted by Gasteiger charge is -2.30. The smallest absolute Gasteiger partial charge is 0.407 e. The number of hydrogen-bond acceptors (Lipinski definition) is 4. The van der Waals surface area contributed by atoms with Crippen LogP contribution in [0.4, 0.5) is 4.79 Å². The Balaban J connectivity index is 2.53. The van der Waals surface area contributed by atoms with Gasteiger partial charge in [-0.25, -0.2) is 4.79 Å². The highest BCUT2D eigenvalue weighted by Gasteiger charge is 2.28. The van der Waals surface area contributed by atoms with Crippen LogP contribution in [0.25, 0.3) is 10.4 Å². The van der Waals surface area contributed by atoms with Crippen LogP contribution in [0.15, 0.2) is 5.11 Å². The van der Waals surface area contributed by atoms with E-state index >= 15 is 0 Å². The Morgan fingerprint density at radius 3 is 2.88 bits per heavy atom. The molecule has 1 aliphatic heterocycles. The van der Waals surface area contributed by atoms with Gasteiger partial charge in [0.1, 0.15) is 5.60 Å². The summed E-state index contributed by atoms with van der Waals surface area (Å²) in [6.45, 7) is 6.23. The highest BCUT2D eigenvalue weighted by atomic mass is 16.6. The molecule has 7 nitrogen and oxygen atoms in total. The topological polar surface area (TPSA) is 96.3 Å². The fraction of sp³-hybridized carbons (Fsp3) is 0.900. The predicted octanol–water partition coefficient (Wildman–Crippen LogP) is 1.98. The molecular formula is C10H18N4O3. The van der Waals surface area contributed by atoms with E-state index in [1.807, 2.05) is 0 Å². The van der Waals surface area contributed by atoms with Crippen LogP contribution in [0.2, 0.25) is 0 Å². The van der Waals surface area contributed by atoms with Gasteiger partial charge >= 0.3 is 6.09 Å². The van der Waals surface area contributed by atoms with E-state index in [2.05, 4.69) is 15.3 Å². The van der Waals surface area contributed by atoms with Crippen LogP contribution in [0.3, 0.4) is 0 Å². The molecule has 1 amide bonds. The lowest BCUT2D eigenvalue weighted by Crippen LogP contribution is -2.49. The molecule has 0 spiro atoms. The highest BCUT2D eigenvalue weighted by Crippen LogP contribution is 2.13. The van der Waals surface area contributed by atoms with E-state index in [1.54, 1.807) is 20.8 Å². The van der Waals surface area contributed by atoms with Crippen LogP contribution < -0.4 is 5.32 Å². The first-order valence-electron chi connectivity index (χ1n) is 5.54. The average molecular weight is 242 g/mol. The second-order valence-corrected chi connectivity index (χ2v) is 4.89. The molecule has 0 aromatic carbocycles. The fourth-order valence-electron chi connectivity index (χ4n) is 1.53. The van der Waals surface area contributed by atoms with Crippen LogP contribution in [0, 0.1) is 0 Å². The van der Waals surface area contributed by atoms with Crippen molar-refractivity contribution in [1.29, 1.82) is 0 Å². The summed E-state index contributed by atoms with van der Waals surface area (Å²) in [5, 5.41) is 6.30. The maximum absolute atomic E-state index is 11.6. The van der Waals surface area contributed by atoms with Gasteiger partial charge in [0.15, 0.2) is 0 Å². The fourth-order valence-corrected chi connectivity index (χ4v) is 1.53. The van der Waals surface area contributed by atoms with E-state index in [1.165, 1.54) is 0 Å². The summed E-state index contributed by atoms with van der Waals surface area (Å²) in [5.74, 6) is 0. The minimum Gasteiger partial charge on any atom is -0.444 e. The molecule has 1 fully saturated rings. The van der Waals surface area contributed by atoms with Crippen LogP contribution in [-0.4, -0.2) is 37.0 Å². The van der Waals surface area contributed by atoms with E-state index in [-0.39, 0.29) is 12.1 Å². The molecule has 2 atom stereocenters. The van der Waals surface area contributed by atoms with Crippen molar-refractivity contribution in [3.63, 3.8) is 0 Å². The molecule has 96 valence electrons. The Morgan fingerprint density at radius 2 is 2.29 bits per heavy atom. The third-order valence-electron chi connectivity index (χ3n) is 2.22. The van der Waals surface area contributed by atoms with E-state index in [0.717, 1.165) is 0 Å². The third kappa shape index (κ3) is 4.93. The van der Waals surface area contributed by atoms with E-state index in [0.29, 0.717) is 19.6 Å². The lowest BCUT2D eigenvalue weighted by molar-refractivity contribution is 0.0299. The van der Waals surface area contributed by atoms with E-state index in [4.69, 9.17) is 15.0 Å². The van der Waals surface area contributed by atoms with Crippen molar-refractivity contribution in [2.24, 2.45) is 5.11 Å². The number of alkyl carbamates (subject to hydrolysis) is 1. The van der Waals surface area contributed by atoms with Gasteiger partial charge in [-0.15, -0.1) is 0 Å². The zero-order chi connectivity index (χ0) is 12.9. The molecule has 0 aliphatic carbocycles. The summed E-state index contributed by atoms with van der Waals surface area (Å²) in [5.41, 5.74) is 7.88. The maximum Gasteiger partial charge on any atom is 0.407 e. The number of rotatable bonds is 2. The Bertz CT molecular complexity index is 320. The van der Waals surface area contributed by atoms with Crippen molar-refractivity contribution >= 4 is 6.09 Å². The number of amides is 1. The summed E-state index contributed by atoms with van der Waals surface area (Å²) in [6, 6.07) is -0.601. The number of hydrogen-bond donors (Lipinski definition) is 1. The molecule has 0 radical (unpaired) electrons. The first-order chi connectivity index (χ1) is 7.92. The summed E-state index contributed by atoms with van der Waals surface area (Å²) in [4.78, 5) is 14.3. The van der Waals surface area contributed by atoms with Gasteiger partial charge in [0.25, 0.3) is 0 Å². The van der Waals surface area contributed by atoms with Gasteiger partial charge < -0.3 is 14.8 Å². The molecule has 0 aromatic heterocycles. The Labute approximate surface area is 100 Å². The number of nitrogens with zero attached hydrogens (tertiary/aromatic N) is 3. The summed E-state index contributed by atoms with van der Waals surface area (Å²) >= 11 is 0. The monoisotopic (exact) mass is 242 g/mol. The van der Waals surface area contributed by atoms with Crippen molar-refractivity contribution in [1.82, 2.24) is 5.32 Å². The highest BCUT2D eigenvalue weighted by molar-refractivity contribution is 5.68. The summed E-state index contributed by atoms with van der Waals surface area (Å²) in [6.07, 6.45) is 0.0796. The van der Waals surface area contributed by atoms with Gasteiger partial charge in [-0.3, -0.25) is 0 Å². The number of carbonyl (C=O) groups excluding carboxylic acids is 1. The molecule has 1 N–H and O–H groups in total. The molecule has 1 unspecified atom stereocenters. The molecule has 17 heavy (non-hydrogen) atoms. The summed E-state index contributed by atoms with van der Waals surface area (Å²) < 4.78 is 10.4. The Kier molecular flexibility index (Phi) is 4.60. The summed E-state index contributed by atoms with van der Waals surface area (Å²) in [7, 11) is 0. The molecule has 0 aromatic rings. The van der Waals surface area contributed by atoms with Crippen LogP contribution in [0.1, 0.15) is 27.2 Å². The van der Waals surface area contributed by atoms with Crippen molar-refractivity contribution in [3.8, 4) is 0 Å². The zero-order valence-corrected chi connectivity index (χ0v) is 10.3. The lowest BCUT2D eigenvalue weighted by atomic mass is 10.1. The first kappa shape index (κ1) is 13.6. The third-order valence-corrected chi connectivity index (χ3v) is 2.22. The molecule has 0 saturated carbocycles.